The highest BCUT2D eigenvalue weighted by atomic mass is 31.2. The summed E-state index contributed by atoms with van der Waals surface area (Å²) < 4.78 is 22.8. The van der Waals surface area contributed by atoms with Crippen molar-refractivity contribution in [3.05, 3.63) is 24.3 Å². The lowest BCUT2D eigenvalue weighted by Gasteiger charge is -2.43. The molecule has 0 aromatic carbocycles. The van der Waals surface area contributed by atoms with Gasteiger partial charge in [-0.1, -0.05) is 57.4 Å². The molecule has 0 spiro atoms. The van der Waals surface area contributed by atoms with Crippen LogP contribution in [0.5, 0.6) is 0 Å². The van der Waals surface area contributed by atoms with Crippen LogP contribution >= 0.6 is 7.60 Å². The maximum Gasteiger partial charge on any atom is 0.305 e. The third-order valence-electron chi connectivity index (χ3n) is 6.69. The average Bonchev–Trinajstić information content (AvgIpc) is 2.87. The van der Waals surface area contributed by atoms with E-state index in [0.717, 1.165) is 25.7 Å². The van der Waals surface area contributed by atoms with Gasteiger partial charge in [-0.05, 0) is 51.4 Å². The van der Waals surface area contributed by atoms with Crippen molar-refractivity contribution in [2.75, 3.05) is 33.9 Å². The third-order valence-corrected chi connectivity index (χ3v) is 8.91. The van der Waals surface area contributed by atoms with Gasteiger partial charge in [-0.25, -0.2) is 0 Å². The molecule has 0 radical (unpaired) electrons. The second kappa shape index (κ2) is 22.6. The van der Waals surface area contributed by atoms with Gasteiger partial charge < -0.3 is 38.5 Å². The van der Waals surface area contributed by atoms with Gasteiger partial charge in [-0.3, -0.25) is 4.79 Å². The third kappa shape index (κ3) is 20.5. The lowest BCUT2D eigenvalue weighted by atomic mass is 10.1. The molecule has 0 amide bonds. The van der Waals surface area contributed by atoms with E-state index in [1.54, 1.807) is 21.0 Å². The first kappa shape index (κ1) is 37.9. The first-order valence-corrected chi connectivity index (χ1v) is 16.3. The van der Waals surface area contributed by atoms with Crippen LogP contribution in [-0.2, 0) is 18.6 Å². The molecule has 0 aliphatic rings. The Bertz CT molecular complexity index is 726. The van der Waals surface area contributed by atoms with Gasteiger partial charge in [-0.2, -0.15) is 0 Å². The van der Waals surface area contributed by atoms with Gasteiger partial charge in [0, 0.05) is 19.3 Å². The fourth-order valence-electron chi connectivity index (χ4n) is 4.33. The summed E-state index contributed by atoms with van der Waals surface area (Å²) in [4.78, 5) is 24.6. The van der Waals surface area contributed by atoms with Crippen LogP contribution in [0.3, 0.4) is 0 Å². The predicted octanol–water partition coefficient (Wildman–Crippen LogP) is 4.79. The van der Waals surface area contributed by atoms with Gasteiger partial charge in [0.1, 0.15) is 12.7 Å². The summed E-state index contributed by atoms with van der Waals surface area (Å²) in [7, 11) is -1.04. The second-order valence-corrected chi connectivity index (χ2v) is 12.7. The molecule has 3 atom stereocenters. The number of quaternary nitrogens is 1. The van der Waals surface area contributed by atoms with Crippen molar-refractivity contribution >= 4 is 13.6 Å². The van der Waals surface area contributed by atoms with Gasteiger partial charge in [0.05, 0.1) is 27.2 Å². The molecule has 0 fully saturated rings. The van der Waals surface area contributed by atoms with Gasteiger partial charge in [0.15, 0.2) is 19.7 Å². The number of hydrogen-bond donors (Lipinski definition) is 3. The van der Waals surface area contributed by atoms with Gasteiger partial charge in [-0.15, -0.1) is 0 Å². The number of carbonyl (C=O) groups excluding carboxylic acids is 1. The quantitative estimate of drug-likeness (QED) is 0.0352. The van der Waals surface area contributed by atoms with Crippen LogP contribution < -0.4 is 4.89 Å². The number of ether oxygens (including phenoxy) is 1. The van der Waals surface area contributed by atoms with Gasteiger partial charge in [0.2, 0.25) is 0 Å². The normalized spacial score (nSPS) is 15.7. The van der Waals surface area contributed by atoms with Crippen LogP contribution in [0.15, 0.2) is 24.3 Å². The van der Waals surface area contributed by atoms with E-state index in [2.05, 4.69) is 31.2 Å². The first-order valence-electron chi connectivity index (χ1n) is 14.7. The molecule has 0 rings (SSSR count). The minimum Gasteiger partial charge on any atom is -0.774 e. The van der Waals surface area contributed by atoms with Crippen molar-refractivity contribution in [2.24, 2.45) is 0 Å². The fraction of sp³-hybridized carbons (Fsp3) is 0.828. The summed E-state index contributed by atoms with van der Waals surface area (Å²) >= 11 is 0. The van der Waals surface area contributed by atoms with Gasteiger partial charge in [0.25, 0.3) is 0 Å². The van der Waals surface area contributed by atoms with Crippen LogP contribution in [0.2, 0.25) is 0 Å². The Morgan fingerprint density at radius 1 is 0.872 bits per heavy atom. The van der Waals surface area contributed by atoms with Crippen molar-refractivity contribution in [1.82, 2.24) is 0 Å². The van der Waals surface area contributed by atoms with Crippen LogP contribution in [-0.4, -0.2) is 77.8 Å². The molecule has 39 heavy (non-hydrogen) atoms. The molecule has 0 aliphatic carbocycles. The van der Waals surface area contributed by atoms with Crippen molar-refractivity contribution in [3.63, 3.8) is 0 Å². The van der Waals surface area contributed by atoms with Crippen molar-refractivity contribution in [1.29, 1.82) is 0 Å². The lowest BCUT2D eigenvalue weighted by molar-refractivity contribution is -0.904. The van der Waals surface area contributed by atoms with Crippen molar-refractivity contribution in [3.8, 4) is 0 Å². The zero-order valence-corrected chi connectivity index (χ0v) is 25.7. The zero-order valence-electron chi connectivity index (χ0n) is 24.8. The van der Waals surface area contributed by atoms with Crippen LogP contribution in [0.1, 0.15) is 104 Å². The van der Waals surface area contributed by atoms with Crippen molar-refractivity contribution < 1.29 is 43.3 Å². The summed E-state index contributed by atoms with van der Waals surface area (Å²) in [6.45, 7) is 3.30. The van der Waals surface area contributed by atoms with Crippen LogP contribution in [0.4, 0.5) is 0 Å². The number of aliphatic hydroxyl groups excluding tert-OH is 2. The first-order chi connectivity index (χ1) is 18.5. The van der Waals surface area contributed by atoms with Crippen LogP contribution in [0.25, 0.3) is 0 Å². The minimum atomic E-state index is -4.38. The van der Waals surface area contributed by atoms with E-state index in [1.807, 2.05) is 0 Å². The number of allylic oxidation sites excluding steroid dienone is 4. The van der Waals surface area contributed by atoms with E-state index >= 15 is 0 Å². The van der Waals surface area contributed by atoms with E-state index in [4.69, 9.17) is 19.5 Å². The van der Waals surface area contributed by atoms with E-state index < -0.39 is 38.3 Å². The molecule has 0 aromatic heterocycles. The Morgan fingerprint density at radius 2 is 1.41 bits per heavy atom. The maximum absolute atomic E-state index is 12.7. The number of aliphatic hydroxyl groups is 3. The number of unbranched alkanes of at least 4 members (excludes halogenated alkanes) is 8. The number of hydrogen-bond acceptors (Lipinski definition) is 8. The molecule has 230 valence electrons. The molecular weight excluding hydrogens is 521 g/mol. The van der Waals surface area contributed by atoms with E-state index in [9.17, 15) is 19.4 Å². The Kier molecular flexibility index (Phi) is 22.0. The second-order valence-electron chi connectivity index (χ2n) is 10.8. The van der Waals surface area contributed by atoms with Crippen LogP contribution in [0, 0.1) is 0 Å². The predicted molar refractivity (Wildman–Crippen MR) is 154 cm³/mol. The average molecular weight is 578 g/mol. The van der Waals surface area contributed by atoms with E-state index in [-0.39, 0.29) is 36.9 Å². The number of nitrogens with zero attached hydrogens (tertiary/aromatic N) is 1. The van der Waals surface area contributed by atoms with E-state index in [1.165, 1.54) is 38.5 Å². The number of esters is 1. The SMILES string of the molecule is CCCCCC/C=C\CCCC/C=C\CCCC(=O)OC[C@@H](O)COP(=O)([O-])C(CC)[N+](C)(C)CCC(O)O. The number of rotatable bonds is 25. The lowest BCUT2D eigenvalue weighted by Crippen LogP contribution is -2.51. The molecule has 0 saturated carbocycles. The highest BCUT2D eigenvalue weighted by Gasteiger charge is 2.37. The molecule has 0 heterocycles. The Balaban J connectivity index is 4.02. The van der Waals surface area contributed by atoms with Crippen molar-refractivity contribution in [2.45, 2.75) is 122 Å². The van der Waals surface area contributed by atoms with Gasteiger partial charge >= 0.3 is 5.97 Å². The summed E-state index contributed by atoms with van der Waals surface area (Å²) in [5, 5.41) is 28.3. The number of carbonyl (C=O) groups is 1. The zero-order chi connectivity index (χ0) is 29.6. The molecule has 0 bridgehead atoms. The summed E-state index contributed by atoms with van der Waals surface area (Å²) in [5.41, 5.74) is 0. The molecule has 9 nitrogen and oxygen atoms in total. The molecule has 0 aromatic rings. The molecule has 0 saturated heterocycles. The minimum absolute atomic E-state index is 0.00891. The maximum atomic E-state index is 12.7. The standard InChI is InChI=1S/C29H56NO8P/c1-5-7-8-9-10-11-12-13-14-15-16-17-18-19-20-21-29(34)37-24-26(31)25-38-39(35,36)27(6-2)30(3,4)23-22-28(32)33/h11-12,17-18,26-28,31-33H,5-10,13-16,19-25H2,1-4H3/b12-11-,18-17-/t26-,27?/m1/s1. The Morgan fingerprint density at radius 3 is 1.92 bits per heavy atom. The Hall–Kier alpha value is -1.06. The smallest absolute Gasteiger partial charge is 0.305 e. The Labute approximate surface area is 237 Å². The summed E-state index contributed by atoms with van der Waals surface area (Å²) in [5.74, 6) is -1.36. The molecule has 3 N–H and O–H groups in total. The summed E-state index contributed by atoms with van der Waals surface area (Å²) in [6.07, 6.45) is 18.9. The highest BCUT2D eigenvalue weighted by Crippen LogP contribution is 2.48. The largest absolute Gasteiger partial charge is 0.774 e. The monoisotopic (exact) mass is 577 g/mol. The topological polar surface area (TPSA) is 136 Å². The highest BCUT2D eigenvalue weighted by molar-refractivity contribution is 7.51. The van der Waals surface area contributed by atoms with E-state index in [0.29, 0.717) is 6.42 Å². The molecular formula is C29H56NO8P. The molecule has 0 aliphatic heterocycles. The fourth-order valence-corrected chi connectivity index (χ4v) is 6.21. The molecule has 10 heteroatoms. The molecule has 2 unspecified atom stereocenters. The summed E-state index contributed by atoms with van der Waals surface area (Å²) in [6, 6.07) is 0.